The minimum Gasteiger partial charge on any atom is -0.207 e. The molecule has 0 saturated carbocycles. The van der Waals surface area contributed by atoms with Crippen molar-refractivity contribution in [3.63, 3.8) is 0 Å². The summed E-state index contributed by atoms with van der Waals surface area (Å²) in [5, 5.41) is 0. The maximum Gasteiger partial charge on any atom is 0.261 e. The fraction of sp³-hybridized carbons (Fsp3) is 0.0476. The standard InChI is InChI=1S/C21H17ClO2S/c1-16(17-12-14-20(15-13-17)25(22,23)24)21(18-8-4-2-5-9-18)19-10-6-3-7-11-19/h2-15H,1H3. The van der Waals surface area contributed by atoms with Crippen molar-refractivity contribution in [3.8, 4) is 0 Å². The van der Waals surface area contributed by atoms with Crippen molar-refractivity contribution in [3.05, 3.63) is 102 Å². The molecule has 0 N–H and O–H groups in total. The van der Waals surface area contributed by atoms with Gasteiger partial charge in [0.05, 0.1) is 4.90 Å². The molecule has 4 heteroatoms. The highest BCUT2D eigenvalue weighted by atomic mass is 35.7. The average molecular weight is 369 g/mol. The molecule has 0 fully saturated rings. The van der Waals surface area contributed by atoms with Crippen molar-refractivity contribution >= 4 is 30.9 Å². The number of benzene rings is 3. The lowest BCUT2D eigenvalue weighted by Crippen LogP contribution is -1.94. The van der Waals surface area contributed by atoms with Crippen LogP contribution in [0, 0.1) is 0 Å². The van der Waals surface area contributed by atoms with Gasteiger partial charge in [0.15, 0.2) is 0 Å². The molecule has 0 spiro atoms. The van der Waals surface area contributed by atoms with Crippen molar-refractivity contribution in [2.24, 2.45) is 0 Å². The predicted molar refractivity (Wildman–Crippen MR) is 104 cm³/mol. The van der Waals surface area contributed by atoms with Crippen LogP contribution in [0.4, 0.5) is 0 Å². The molecule has 0 amide bonds. The van der Waals surface area contributed by atoms with E-state index in [-0.39, 0.29) is 4.90 Å². The third-order valence-corrected chi connectivity index (χ3v) is 5.44. The number of hydrogen-bond donors (Lipinski definition) is 0. The molecule has 3 aromatic rings. The van der Waals surface area contributed by atoms with E-state index in [1.165, 1.54) is 12.1 Å². The van der Waals surface area contributed by atoms with E-state index < -0.39 is 9.05 Å². The molecular formula is C21H17ClO2S. The minimum atomic E-state index is -3.71. The summed E-state index contributed by atoms with van der Waals surface area (Å²) in [6.07, 6.45) is 0. The van der Waals surface area contributed by atoms with Crippen molar-refractivity contribution in [2.45, 2.75) is 11.8 Å². The summed E-state index contributed by atoms with van der Waals surface area (Å²) in [6, 6.07) is 27.0. The Morgan fingerprint density at radius 2 is 1.12 bits per heavy atom. The summed E-state index contributed by atoms with van der Waals surface area (Å²) < 4.78 is 22.9. The van der Waals surface area contributed by atoms with Crippen LogP contribution in [0.25, 0.3) is 11.1 Å². The van der Waals surface area contributed by atoms with E-state index >= 15 is 0 Å². The van der Waals surface area contributed by atoms with Crippen LogP contribution < -0.4 is 0 Å². The SMILES string of the molecule is CC(=C(c1ccccc1)c1ccccc1)c1ccc(S(=O)(=O)Cl)cc1. The smallest absolute Gasteiger partial charge is 0.207 e. The summed E-state index contributed by atoms with van der Waals surface area (Å²) >= 11 is 0. The van der Waals surface area contributed by atoms with Crippen LogP contribution in [0.5, 0.6) is 0 Å². The van der Waals surface area contributed by atoms with Crippen molar-refractivity contribution < 1.29 is 8.42 Å². The van der Waals surface area contributed by atoms with Gasteiger partial charge in [-0.25, -0.2) is 8.42 Å². The Bertz CT molecular complexity index is 949. The molecule has 25 heavy (non-hydrogen) atoms. The van der Waals surface area contributed by atoms with Crippen molar-refractivity contribution in [1.29, 1.82) is 0 Å². The molecule has 0 saturated heterocycles. The lowest BCUT2D eigenvalue weighted by Gasteiger charge is -2.14. The molecule has 0 radical (unpaired) electrons. The van der Waals surface area contributed by atoms with Gasteiger partial charge in [-0.05, 0) is 46.9 Å². The zero-order chi connectivity index (χ0) is 17.9. The van der Waals surface area contributed by atoms with E-state index in [1.54, 1.807) is 12.1 Å². The van der Waals surface area contributed by atoms with Gasteiger partial charge < -0.3 is 0 Å². The second-order valence-electron chi connectivity index (χ2n) is 5.69. The van der Waals surface area contributed by atoms with Gasteiger partial charge >= 0.3 is 0 Å². The Morgan fingerprint density at radius 3 is 1.52 bits per heavy atom. The molecule has 0 aliphatic heterocycles. The van der Waals surface area contributed by atoms with E-state index in [1.807, 2.05) is 43.3 Å². The zero-order valence-corrected chi connectivity index (χ0v) is 15.3. The van der Waals surface area contributed by atoms with Gasteiger partial charge in [0.25, 0.3) is 9.05 Å². The van der Waals surface area contributed by atoms with Crippen LogP contribution in [0.2, 0.25) is 0 Å². The van der Waals surface area contributed by atoms with Gasteiger partial charge in [0.2, 0.25) is 0 Å². The molecule has 0 atom stereocenters. The molecule has 0 aromatic heterocycles. The lowest BCUT2D eigenvalue weighted by atomic mass is 9.90. The van der Waals surface area contributed by atoms with Gasteiger partial charge in [-0.2, -0.15) is 0 Å². The first-order valence-corrected chi connectivity index (χ1v) is 10.1. The zero-order valence-electron chi connectivity index (χ0n) is 13.7. The Hall–Kier alpha value is -2.36. The molecule has 0 heterocycles. The topological polar surface area (TPSA) is 34.1 Å². The minimum absolute atomic E-state index is 0.103. The lowest BCUT2D eigenvalue weighted by molar-refractivity contribution is 0.609. The first kappa shape index (κ1) is 17.5. The van der Waals surface area contributed by atoms with Crippen LogP contribution in [-0.2, 0) is 9.05 Å². The maximum absolute atomic E-state index is 11.4. The highest BCUT2D eigenvalue weighted by molar-refractivity contribution is 8.13. The van der Waals surface area contributed by atoms with Crippen LogP contribution in [0.1, 0.15) is 23.6 Å². The molecule has 3 rings (SSSR count). The van der Waals surface area contributed by atoms with E-state index in [2.05, 4.69) is 24.3 Å². The average Bonchev–Trinajstić information content (AvgIpc) is 2.63. The maximum atomic E-state index is 11.4. The van der Waals surface area contributed by atoms with Crippen LogP contribution in [0.3, 0.4) is 0 Å². The van der Waals surface area contributed by atoms with Crippen molar-refractivity contribution in [1.82, 2.24) is 0 Å². The second kappa shape index (κ2) is 7.26. The summed E-state index contributed by atoms with van der Waals surface area (Å²) in [5.41, 5.74) is 5.35. The Balaban J connectivity index is 2.17. The van der Waals surface area contributed by atoms with Crippen LogP contribution >= 0.6 is 10.7 Å². The number of hydrogen-bond acceptors (Lipinski definition) is 2. The highest BCUT2D eigenvalue weighted by Crippen LogP contribution is 2.32. The molecule has 2 nitrogen and oxygen atoms in total. The molecular weight excluding hydrogens is 352 g/mol. The van der Waals surface area contributed by atoms with Gasteiger partial charge in [0, 0.05) is 10.7 Å². The number of halogens is 1. The Kier molecular flexibility index (Phi) is 5.07. The van der Waals surface area contributed by atoms with Crippen molar-refractivity contribution in [2.75, 3.05) is 0 Å². The van der Waals surface area contributed by atoms with Gasteiger partial charge in [-0.15, -0.1) is 0 Å². The highest BCUT2D eigenvalue weighted by Gasteiger charge is 2.13. The van der Waals surface area contributed by atoms with E-state index in [9.17, 15) is 8.42 Å². The summed E-state index contributed by atoms with van der Waals surface area (Å²) in [6.45, 7) is 2.04. The first-order valence-electron chi connectivity index (χ1n) is 7.83. The monoisotopic (exact) mass is 368 g/mol. The van der Waals surface area contributed by atoms with Gasteiger partial charge in [-0.3, -0.25) is 0 Å². The predicted octanol–water partition coefficient (Wildman–Crippen LogP) is 5.59. The summed E-state index contributed by atoms with van der Waals surface area (Å²) in [5.74, 6) is 0. The number of allylic oxidation sites excluding steroid dienone is 1. The fourth-order valence-electron chi connectivity index (χ4n) is 2.82. The summed E-state index contributed by atoms with van der Waals surface area (Å²) in [7, 11) is 1.69. The molecule has 0 bridgehead atoms. The van der Waals surface area contributed by atoms with Gasteiger partial charge in [-0.1, -0.05) is 72.8 Å². The number of rotatable bonds is 4. The normalized spacial score (nSPS) is 11.1. The van der Waals surface area contributed by atoms with E-state index in [4.69, 9.17) is 10.7 Å². The van der Waals surface area contributed by atoms with Crippen LogP contribution in [0.15, 0.2) is 89.8 Å². The summed E-state index contributed by atoms with van der Waals surface area (Å²) in [4.78, 5) is 0.103. The fourth-order valence-corrected chi connectivity index (χ4v) is 3.59. The Labute approximate surface area is 152 Å². The first-order chi connectivity index (χ1) is 12.0. The third kappa shape index (κ3) is 4.01. The second-order valence-corrected chi connectivity index (χ2v) is 8.26. The molecule has 0 unspecified atom stereocenters. The van der Waals surface area contributed by atoms with Gasteiger partial charge in [0.1, 0.15) is 0 Å². The van der Waals surface area contributed by atoms with Crippen LogP contribution in [-0.4, -0.2) is 8.42 Å². The molecule has 3 aromatic carbocycles. The third-order valence-electron chi connectivity index (χ3n) is 4.07. The van der Waals surface area contributed by atoms with E-state index in [0.717, 1.165) is 27.8 Å². The largest absolute Gasteiger partial charge is 0.261 e. The quantitative estimate of drug-likeness (QED) is 0.444. The Morgan fingerprint density at radius 1 is 0.680 bits per heavy atom. The molecule has 126 valence electrons. The molecule has 0 aliphatic rings. The molecule has 0 aliphatic carbocycles. The van der Waals surface area contributed by atoms with E-state index in [0.29, 0.717) is 0 Å².